The smallest absolute Gasteiger partial charge is 0.341 e. The van der Waals surface area contributed by atoms with Crippen LogP contribution in [-0.4, -0.2) is 24.0 Å². The summed E-state index contributed by atoms with van der Waals surface area (Å²) in [5.41, 5.74) is 6.85. The third-order valence-corrected chi connectivity index (χ3v) is 8.35. The van der Waals surface area contributed by atoms with Gasteiger partial charge in [0, 0.05) is 15.8 Å². The maximum Gasteiger partial charge on any atom is 0.341 e. The fourth-order valence-electron chi connectivity index (χ4n) is 5.18. The van der Waals surface area contributed by atoms with Crippen LogP contribution < -0.4 is 5.32 Å². The van der Waals surface area contributed by atoms with Crippen molar-refractivity contribution in [2.75, 3.05) is 12.4 Å². The highest BCUT2D eigenvalue weighted by atomic mass is 32.1. The molecule has 0 saturated heterocycles. The van der Waals surface area contributed by atoms with Crippen molar-refractivity contribution in [3.8, 4) is 11.3 Å². The number of esters is 1. The molecule has 2 aromatic heterocycles. The molecular formula is C30H30N2O3S. The lowest BCUT2D eigenvalue weighted by Gasteiger charge is -2.20. The first-order chi connectivity index (χ1) is 17.4. The van der Waals surface area contributed by atoms with Crippen molar-refractivity contribution >= 4 is 39.1 Å². The second-order valence-electron chi connectivity index (χ2n) is 9.56. The molecule has 36 heavy (non-hydrogen) atoms. The number of methoxy groups -OCH3 is 1. The van der Waals surface area contributed by atoms with Crippen molar-refractivity contribution in [1.82, 2.24) is 4.98 Å². The maximum absolute atomic E-state index is 13.8. The minimum atomic E-state index is -0.395. The molecule has 5 rings (SSSR count). The molecule has 0 spiro atoms. The van der Waals surface area contributed by atoms with Crippen molar-refractivity contribution in [1.29, 1.82) is 0 Å². The van der Waals surface area contributed by atoms with Crippen LogP contribution in [0.5, 0.6) is 0 Å². The van der Waals surface area contributed by atoms with Crippen LogP contribution in [0.2, 0.25) is 0 Å². The van der Waals surface area contributed by atoms with Gasteiger partial charge in [0.25, 0.3) is 5.91 Å². The van der Waals surface area contributed by atoms with Gasteiger partial charge < -0.3 is 10.1 Å². The minimum absolute atomic E-state index is 0.254. The molecule has 0 aliphatic heterocycles. The number of fused-ring (bicyclic) bond motifs is 2. The van der Waals surface area contributed by atoms with Crippen molar-refractivity contribution in [2.24, 2.45) is 5.92 Å². The predicted molar refractivity (Wildman–Crippen MR) is 146 cm³/mol. The number of rotatable bonds is 5. The van der Waals surface area contributed by atoms with E-state index in [1.54, 1.807) is 0 Å². The zero-order chi connectivity index (χ0) is 25.4. The van der Waals surface area contributed by atoms with E-state index >= 15 is 0 Å². The van der Waals surface area contributed by atoms with Gasteiger partial charge in [0.05, 0.1) is 29.4 Å². The number of carbonyl (C=O) groups excluding carboxylic acids is 2. The summed E-state index contributed by atoms with van der Waals surface area (Å²) in [5, 5.41) is 4.42. The number of nitrogens with zero attached hydrogens (tertiary/aromatic N) is 1. The van der Waals surface area contributed by atoms with Gasteiger partial charge >= 0.3 is 5.97 Å². The van der Waals surface area contributed by atoms with Gasteiger partial charge in [-0.15, -0.1) is 11.3 Å². The largest absolute Gasteiger partial charge is 0.465 e. The number of benzene rings is 2. The zero-order valence-electron chi connectivity index (χ0n) is 21.1. The minimum Gasteiger partial charge on any atom is -0.465 e. The fraction of sp³-hybridized carbons (Fsp3) is 0.300. The molecule has 1 N–H and O–H groups in total. The molecule has 1 unspecified atom stereocenters. The van der Waals surface area contributed by atoms with E-state index in [0.717, 1.165) is 59.0 Å². The number of para-hydroxylation sites is 1. The molecule has 2 aromatic carbocycles. The lowest BCUT2D eigenvalue weighted by Crippen LogP contribution is -2.17. The second-order valence-corrected chi connectivity index (χ2v) is 10.7. The first kappa shape index (κ1) is 24.2. The van der Waals surface area contributed by atoms with Crippen molar-refractivity contribution < 1.29 is 14.3 Å². The van der Waals surface area contributed by atoms with Crippen molar-refractivity contribution in [2.45, 2.75) is 46.5 Å². The predicted octanol–water partition coefficient (Wildman–Crippen LogP) is 7.13. The number of ether oxygens (including phenoxy) is 1. The molecule has 0 bridgehead atoms. The molecule has 6 heteroatoms. The highest BCUT2D eigenvalue weighted by Crippen LogP contribution is 2.41. The topological polar surface area (TPSA) is 68.3 Å². The van der Waals surface area contributed by atoms with E-state index < -0.39 is 5.97 Å². The Morgan fingerprint density at radius 1 is 1.14 bits per heavy atom. The third-order valence-electron chi connectivity index (χ3n) is 7.18. The van der Waals surface area contributed by atoms with E-state index in [1.165, 1.54) is 28.9 Å². The average Bonchev–Trinajstić information content (AvgIpc) is 3.24. The van der Waals surface area contributed by atoms with Gasteiger partial charge in [0.15, 0.2) is 0 Å². The maximum atomic E-state index is 13.8. The van der Waals surface area contributed by atoms with E-state index in [0.29, 0.717) is 22.0 Å². The highest BCUT2D eigenvalue weighted by Gasteiger charge is 2.30. The number of hydrogen-bond donors (Lipinski definition) is 1. The number of anilines is 1. The molecule has 1 atom stereocenters. The van der Waals surface area contributed by atoms with Gasteiger partial charge in [-0.1, -0.05) is 55.3 Å². The number of pyridine rings is 1. The molecule has 1 aliphatic carbocycles. The molecule has 0 saturated carbocycles. The van der Waals surface area contributed by atoms with E-state index in [4.69, 9.17) is 9.72 Å². The summed E-state index contributed by atoms with van der Waals surface area (Å²) in [6, 6.07) is 15.8. The van der Waals surface area contributed by atoms with E-state index in [2.05, 4.69) is 44.3 Å². The van der Waals surface area contributed by atoms with Crippen LogP contribution >= 0.6 is 11.3 Å². The Hall–Kier alpha value is -3.51. The van der Waals surface area contributed by atoms with Crippen molar-refractivity contribution in [3.05, 3.63) is 81.2 Å². The first-order valence-electron chi connectivity index (χ1n) is 12.4. The SMILES string of the molecule is CCC1CCc2c(sc(NC(=O)c3cc(-c4ccc(C)cc4C)nc4ccccc34)c2C(=O)OC)C1. The summed E-state index contributed by atoms with van der Waals surface area (Å²) in [6.45, 7) is 6.32. The van der Waals surface area contributed by atoms with Crippen molar-refractivity contribution in [3.63, 3.8) is 0 Å². The van der Waals surface area contributed by atoms with Gasteiger partial charge in [-0.05, 0) is 62.3 Å². The van der Waals surface area contributed by atoms with E-state index in [-0.39, 0.29) is 5.91 Å². The molecule has 1 amide bonds. The second kappa shape index (κ2) is 9.86. The van der Waals surface area contributed by atoms with Crippen LogP contribution in [0.4, 0.5) is 5.00 Å². The molecule has 1 aliphatic rings. The highest BCUT2D eigenvalue weighted by molar-refractivity contribution is 7.17. The summed E-state index contributed by atoms with van der Waals surface area (Å²) in [6.07, 6.45) is 3.92. The molecule has 2 heterocycles. The molecular weight excluding hydrogens is 468 g/mol. The lowest BCUT2D eigenvalue weighted by atomic mass is 9.85. The quantitative estimate of drug-likeness (QED) is 0.297. The van der Waals surface area contributed by atoms with Gasteiger partial charge in [-0.2, -0.15) is 0 Å². The average molecular weight is 499 g/mol. The number of carbonyl (C=O) groups is 2. The number of amides is 1. The van der Waals surface area contributed by atoms with E-state index in [9.17, 15) is 9.59 Å². The first-order valence-corrected chi connectivity index (χ1v) is 13.2. The Kier molecular flexibility index (Phi) is 6.63. The Morgan fingerprint density at radius 2 is 1.94 bits per heavy atom. The van der Waals surface area contributed by atoms with E-state index in [1.807, 2.05) is 30.3 Å². The normalized spacial score (nSPS) is 14.9. The summed E-state index contributed by atoms with van der Waals surface area (Å²) >= 11 is 1.51. The van der Waals surface area contributed by atoms with Crippen LogP contribution in [0, 0.1) is 19.8 Å². The Bertz CT molecular complexity index is 1490. The summed E-state index contributed by atoms with van der Waals surface area (Å²) in [4.78, 5) is 32.6. The van der Waals surface area contributed by atoms with Crippen LogP contribution in [0.3, 0.4) is 0 Å². The molecule has 0 radical (unpaired) electrons. The standard InChI is InChI=1S/C30H30N2O3S/c1-5-19-11-13-22-26(15-19)36-29(27(22)30(34)35-4)32-28(33)23-16-25(20-12-10-17(2)14-18(20)3)31-24-9-7-6-8-21(23)24/h6-10,12,14,16,19H,5,11,13,15H2,1-4H3,(H,32,33). The summed E-state index contributed by atoms with van der Waals surface area (Å²) < 4.78 is 5.12. The zero-order valence-corrected chi connectivity index (χ0v) is 21.9. The van der Waals surface area contributed by atoms with Crippen LogP contribution in [0.1, 0.15) is 62.0 Å². The van der Waals surface area contributed by atoms with Crippen LogP contribution in [0.25, 0.3) is 22.2 Å². The summed E-state index contributed by atoms with van der Waals surface area (Å²) in [5.74, 6) is -0.0432. The lowest BCUT2D eigenvalue weighted by molar-refractivity contribution is 0.0600. The Morgan fingerprint density at radius 3 is 2.69 bits per heavy atom. The van der Waals surface area contributed by atoms with Crippen LogP contribution in [-0.2, 0) is 17.6 Å². The molecule has 5 nitrogen and oxygen atoms in total. The Labute approximate surface area is 215 Å². The number of aromatic nitrogens is 1. The number of nitrogens with one attached hydrogen (secondary N) is 1. The van der Waals surface area contributed by atoms with Gasteiger partial charge in [0.2, 0.25) is 0 Å². The molecule has 0 fully saturated rings. The summed E-state index contributed by atoms with van der Waals surface area (Å²) in [7, 11) is 1.39. The third kappa shape index (κ3) is 4.42. The van der Waals surface area contributed by atoms with Gasteiger partial charge in [-0.25, -0.2) is 9.78 Å². The van der Waals surface area contributed by atoms with Crippen LogP contribution in [0.15, 0.2) is 48.5 Å². The number of aryl methyl sites for hydroxylation is 2. The molecule has 4 aromatic rings. The molecule has 184 valence electrons. The Balaban J connectivity index is 1.59. The number of thiophene rings is 1. The number of hydrogen-bond acceptors (Lipinski definition) is 5. The van der Waals surface area contributed by atoms with Gasteiger partial charge in [0.1, 0.15) is 5.00 Å². The van der Waals surface area contributed by atoms with Gasteiger partial charge in [-0.3, -0.25) is 4.79 Å². The monoisotopic (exact) mass is 498 g/mol. The fourth-order valence-corrected chi connectivity index (χ4v) is 6.53.